The highest BCUT2D eigenvalue weighted by atomic mass is 35.5. The van der Waals surface area contributed by atoms with Crippen LogP contribution in [0.1, 0.15) is 18.4 Å². The fourth-order valence-electron chi connectivity index (χ4n) is 1.92. The Kier molecular flexibility index (Phi) is 3.44. The van der Waals surface area contributed by atoms with Gasteiger partial charge in [0.05, 0.1) is 18.4 Å². The second-order valence-corrected chi connectivity index (χ2v) is 5.33. The highest BCUT2D eigenvalue weighted by Gasteiger charge is 2.21. The van der Waals surface area contributed by atoms with Crippen LogP contribution in [0.5, 0.6) is 0 Å². The zero-order chi connectivity index (χ0) is 14.1. The predicted octanol–water partition coefficient (Wildman–Crippen LogP) is 2.66. The molecule has 0 spiro atoms. The minimum absolute atomic E-state index is 0.0644. The molecular weight excluding hydrogens is 281 g/mol. The molecule has 1 aromatic carbocycles. The number of hydrogen-bond donors (Lipinski definition) is 1. The maximum absolute atomic E-state index is 13.6. The fourth-order valence-corrected chi connectivity index (χ4v) is 2.12. The highest BCUT2D eigenvalue weighted by Crippen LogP contribution is 2.23. The Morgan fingerprint density at radius 2 is 2.20 bits per heavy atom. The van der Waals surface area contributed by atoms with Gasteiger partial charge in [-0.15, -0.1) is 0 Å². The normalized spacial score (nSPS) is 14.3. The van der Waals surface area contributed by atoms with Crippen molar-refractivity contribution in [2.24, 2.45) is 0 Å². The van der Waals surface area contributed by atoms with Crippen molar-refractivity contribution in [1.29, 1.82) is 0 Å². The van der Waals surface area contributed by atoms with Crippen LogP contribution in [0.2, 0.25) is 5.02 Å². The van der Waals surface area contributed by atoms with Gasteiger partial charge >= 0.3 is 0 Å². The Hall–Kier alpha value is -1.88. The monoisotopic (exact) mass is 293 g/mol. The SMILES string of the molecule is O=c1cc(NC2CC2)cnn1Cc1cc(Cl)ccc1F. The molecule has 3 rings (SSSR count). The van der Waals surface area contributed by atoms with E-state index in [0.717, 1.165) is 12.8 Å². The first-order valence-electron chi connectivity index (χ1n) is 6.39. The summed E-state index contributed by atoms with van der Waals surface area (Å²) >= 11 is 5.83. The lowest BCUT2D eigenvalue weighted by atomic mass is 10.2. The van der Waals surface area contributed by atoms with Crippen molar-refractivity contribution in [3.63, 3.8) is 0 Å². The van der Waals surface area contributed by atoms with Gasteiger partial charge in [0.1, 0.15) is 5.82 Å². The second kappa shape index (κ2) is 5.25. The molecule has 0 unspecified atom stereocenters. The van der Waals surface area contributed by atoms with E-state index in [4.69, 9.17) is 11.6 Å². The lowest BCUT2D eigenvalue weighted by Crippen LogP contribution is -2.23. The highest BCUT2D eigenvalue weighted by molar-refractivity contribution is 6.30. The van der Waals surface area contributed by atoms with Crippen molar-refractivity contribution in [2.45, 2.75) is 25.4 Å². The first kappa shape index (κ1) is 13.1. The molecule has 2 aromatic rings. The molecule has 6 heteroatoms. The lowest BCUT2D eigenvalue weighted by molar-refractivity contribution is 0.572. The number of nitrogens with zero attached hydrogens (tertiary/aromatic N) is 2. The predicted molar refractivity (Wildman–Crippen MR) is 75.7 cm³/mol. The van der Waals surface area contributed by atoms with E-state index >= 15 is 0 Å². The first-order chi connectivity index (χ1) is 9.61. The Bertz CT molecular complexity index is 697. The molecule has 1 N–H and O–H groups in total. The summed E-state index contributed by atoms with van der Waals surface area (Å²) in [6, 6.07) is 6.19. The maximum atomic E-state index is 13.6. The molecule has 1 aromatic heterocycles. The summed E-state index contributed by atoms with van der Waals surface area (Å²) in [5.74, 6) is -0.400. The van der Waals surface area contributed by atoms with Crippen LogP contribution in [0.4, 0.5) is 10.1 Å². The average Bonchev–Trinajstić information content (AvgIpc) is 3.21. The molecule has 0 radical (unpaired) electrons. The van der Waals surface area contributed by atoms with Crippen molar-refractivity contribution in [2.75, 3.05) is 5.32 Å². The van der Waals surface area contributed by atoms with Gasteiger partial charge in [0.15, 0.2) is 0 Å². The summed E-state index contributed by atoms with van der Waals surface area (Å²) in [6.45, 7) is 0.0644. The summed E-state index contributed by atoms with van der Waals surface area (Å²) in [5.41, 5.74) is 0.783. The van der Waals surface area contributed by atoms with Gasteiger partial charge in [-0.3, -0.25) is 4.79 Å². The minimum Gasteiger partial charge on any atom is -0.381 e. The van der Waals surface area contributed by atoms with Gasteiger partial charge < -0.3 is 5.32 Å². The van der Waals surface area contributed by atoms with E-state index in [1.54, 1.807) is 6.20 Å². The van der Waals surface area contributed by atoms with Gasteiger partial charge in [-0.1, -0.05) is 11.6 Å². The molecule has 0 aliphatic heterocycles. The van der Waals surface area contributed by atoms with E-state index in [0.29, 0.717) is 22.3 Å². The van der Waals surface area contributed by atoms with Gasteiger partial charge in [-0.25, -0.2) is 9.07 Å². The molecule has 0 atom stereocenters. The zero-order valence-electron chi connectivity index (χ0n) is 10.6. The van der Waals surface area contributed by atoms with E-state index in [9.17, 15) is 9.18 Å². The van der Waals surface area contributed by atoms with Gasteiger partial charge in [0.2, 0.25) is 0 Å². The maximum Gasteiger partial charge on any atom is 0.269 e. The van der Waals surface area contributed by atoms with Crippen molar-refractivity contribution in [3.8, 4) is 0 Å². The summed E-state index contributed by atoms with van der Waals surface area (Å²) in [6.07, 6.45) is 3.83. The van der Waals surface area contributed by atoms with Crippen LogP contribution in [0.15, 0.2) is 35.3 Å². The molecule has 0 bridgehead atoms. The van der Waals surface area contributed by atoms with Crippen LogP contribution >= 0.6 is 11.6 Å². The third-order valence-electron chi connectivity index (χ3n) is 3.15. The average molecular weight is 294 g/mol. The van der Waals surface area contributed by atoms with Gasteiger partial charge in [0.25, 0.3) is 5.56 Å². The molecule has 104 valence electrons. The molecule has 1 fully saturated rings. The van der Waals surface area contributed by atoms with E-state index in [1.165, 1.54) is 28.9 Å². The van der Waals surface area contributed by atoms with Crippen LogP contribution in [0.25, 0.3) is 0 Å². The largest absolute Gasteiger partial charge is 0.381 e. The molecule has 4 nitrogen and oxygen atoms in total. The number of anilines is 1. The zero-order valence-corrected chi connectivity index (χ0v) is 11.4. The van der Waals surface area contributed by atoms with Crippen molar-refractivity contribution >= 4 is 17.3 Å². The van der Waals surface area contributed by atoms with Crippen LogP contribution in [-0.2, 0) is 6.54 Å². The van der Waals surface area contributed by atoms with E-state index in [2.05, 4.69) is 10.4 Å². The molecule has 1 aliphatic carbocycles. The van der Waals surface area contributed by atoms with Crippen molar-refractivity contribution in [3.05, 3.63) is 57.2 Å². The third kappa shape index (κ3) is 2.99. The fraction of sp³-hybridized carbons (Fsp3) is 0.286. The molecule has 0 saturated heterocycles. The first-order valence-corrected chi connectivity index (χ1v) is 6.77. The van der Waals surface area contributed by atoms with Crippen LogP contribution in [0.3, 0.4) is 0 Å². The number of halogens is 2. The van der Waals surface area contributed by atoms with E-state index in [-0.39, 0.29) is 12.1 Å². The summed E-state index contributed by atoms with van der Waals surface area (Å²) in [4.78, 5) is 11.9. The number of nitrogens with one attached hydrogen (secondary N) is 1. The standard InChI is InChI=1S/C14H13ClFN3O/c15-10-1-4-13(16)9(5-10)8-19-14(20)6-12(7-17-19)18-11-2-3-11/h1,4-7,11,18H,2-3,8H2. The Balaban J connectivity index is 1.83. The molecule has 1 saturated carbocycles. The number of hydrogen-bond acceptors (Lipinski definition) is 3. The number of rotatable bonds is 4. The Morgan fingerprint density at radius 1 is 1.40 bits per heavy atom. The number of benzene rings is 1. The van der Waals surface area contributed by atoms with Crippen molar-refractivity contribution in [1.82, 2.24) is 9.78 Å². The van der Waals surface area contributed by atoms with Gasteiger partial charge in [0, 0.05) is 22.7 Å². The van der Waals surface area contributed by atoms with Gasteiger partial charge in [-0.05, 0) is 31.0 Å². The van der Waals surface area contributed by atoms with Crippen LogP contribution in [-0.4, -0.2) is 15.8 Å². The quantitative estimate of drug-likeness (QED) is 0.943. The van der Waals surface area contributed by atoms with Gasteiger partial charge in [-0.2, -0.15) is 5.10 Å². The topological polar surface area (TPSA) is 46.9 Å². The molecule has 0 amide bonds. The summed E-state index contributed by atoms with van der Waals surface area (Å²) in [7, 11) is 0. The Labute approximate surface area is 120 Å². The van der Waals surface area contributed by atoms with E-state index < -0.39 is 5.82 Å². The molecule has 1 aliphatic rings. The summed E-state index contributed by atoms with van der Waals surface area (Å²) in [5, 5.41) is 7.69. The van der Waals surface area contributed by atoms with Crippen molar-refractivity contribution < 1.29 is 4.39 Å². The summed E-state index contributed by atoms with van der Waals surface area (Å²) < 4.78 is 14.8. The van der Waals surface area contributed by atoms with E-state index in [1.807, 2.05) is 0 Å². The smallest absolute Gasteiger partial charge is 0.269 e. The minimum atomic E-state index is -0.400. The van der Waals surface area contributed by atoms with Crippen LogP contribution < -0.4 is 10.9 Å². The molecule has 1 heterocycles. The molecular formula is C14H13ClFN3O. The molecule has 20 heavy (non-hydrogen) atoms. The lowest BCUT2D eigenvalue weighted by Gasteiger charge is -2.08. The second-order valence-electron chi connectivity index (χ2n) is 4.89. The number of aromatic nitrogens is 2. The van der Waals surface area contributed by atoms with Crippen LogP contribution in [0, 0.1) is 5.82 Å². The third-order valence-corrected chi connectivity index (χ3v) is 3.38. The Morgan fingerprint density at radius 3 is 2.90 bits per heavy atom.